The van der Waals surface area contributed by atoms with Gasteiger partial charge in [-0.2, -0.15) is 0 Å². The third-order valence-corrected chi connectivity index (χ3v) is 2.12. The first kappa shape index (κ1) is 9.02. The van der Waals surface area contributed by atoms with E-state index in [2.05, 4.69) is 9.97 Å². The summed E-state index contributed by atoms with van der Waals surface area (Å²) >= 11 is 0. The molecule has 0 aliphatic heterocycles. The number of furan rings is 1. The SMILES string of the molecule is Cc1[nH]c(-c2ccco2)nc1CCN. The van der Waals surface area contributed by atoms with Gasteiger partial charge in [-0.1, -0.05) is 0 Å². The van der Waals surface area contributed by atoms with Crippen molar-refractivity contribution in [1.82, 2.24) is 9.97 Å². The van der Waals surface area contributed by atoms with Gasteiger partial charge in [0.1, 0.15) is 0 Å². The highest BCUT2D eigenvalue weighted by Gasteiger charge is 2.09. The molecule has 2 aromatic rings. The first-order valence-electron chi connectivity index (χ1n) is 4.60. The Labute approximate surface area is 82.1 Å². The van der Waals surface area contributed by atoms with E-state index >= 15 is 0 Å². The van der Waals surface area contributed by atoms with Crippen LogP contribution < -0.4 is 5.73 Å². The molecule has 0 saturated carbocycles. The van der Waals surface area contributed by atoms with Gasteiger partial charge in [0.05, 0.1) is 12.0 Å². The molecule has 0 aliphatic rings. The summed E-state index contributed by atoms with van der Waals surface area (Å²) < 4.78 is 5.24. The Bertz CT molecular complexity index is 403. The zero-order chi connectivity index (χ0) is 9.97. The first-order chi connectivity index (χ1) is 6.81. The molecule has 0 saturated heterocycles. The molecule has 2 heterocycles. The number of nitrogens with one attached hydrogen (secondary N) is 1. The summed E-state index contributed by atoms with van der Waals surface area (Å²) in [6.07, 6.45) is 2.43. The molecule has 14 heavy (non-hydrogen) atoms. The van der Waals surface area contributed by atoms with Gasteiger partial charge in [-0.15, -0.1) is 0 Å². The Hall–Kier alpha value is -1.55. The standard InChI is InChI=1S/C10H13N3O/c1-7-8(4-5-11)13-10(12-7)9-3-2-6-14-9/h2-3,6H,4-5,11H2,1H3,(H,12,13). The molecule has 74 valence electrons. The predicted octanol–water partition coefficient (Wildman–Crippen LogP) is 1.48. The van der Waals surface area contributed by atoms with E-state index in [0.717, 1.165) is 29.4 Å². The van der Waals surface area contributed by atoms with Crippen LogP contribution >= 0.6 is 0 Å². The van der Waals surface area contributed by atoms with Crippen LogP contribution in [0.4, 0.5) is 0 Å². The van der Waals surface area contributed by atoms with Crippen LogP contribution in [0.2, 0.25) is 0 Å². The molecule has 0 amide bonds. The fourth-order valence-corrected chi connectivity index (χ4v) is 1.41. The highest BCUT2D eigenvalue weighted by atomic mass is 16.3. The topological polar surface area (TPSA) is 67.8 Å². The van der Waals surface area contributed by atoms with E-state index in [1.807, 2.05) is 19.1 Å². The van der Waals surface area contributed by atoms with Crippen molar-refractivity contribution in [3.63, 3.8) is 0 Å². The second-order valence-electron chi connectivity index (χ2n) is 3.17. The van der Waals surface area contributed by atoms with E-state index < -0.39 is 0 Å². The monoisotopic (exact) mass is 191 g/mol. The molecule has 0 atom stereocenters. The fraction of sp³-hybridized carbons (Fsp3) is 0.300. The lowest BCUT2D eigenvalue weighted by Crippen LogP contribution is -2.03. The molecule has 2 rings (SSSR count). The number of nitrogens with two attached hydrogens (primary N) is 1. The summed E-state index contributed by atoms with van der Waals surface area (Å²) in [4.78, 5) is 7.58. The van der Waals surface area contributed by atoms with Crippen molar-refractivity contribution in [2.45, 2.75) is 13.3 Å². The molecule has 0 aromatic carbocycles. The number of nitrogens with zero attached hydrogens (tertiary/aromatic N) is 1. The molecule has 4 nitrogen and oxygen atoms in total. The van der Waals surface area contributed by atoms with Crippen molar-refractivity contribution in [3.8, 4) is 11.6 Å². The second-order valence-corrected chi connectivity index (χ2v) is 3.17. The normalized spacial score (nSPS) is 10.7. The summed E-state index contributed by atoms with van der Waals surface area (Å²) in [5.41, 5.74) is 7.55. The number of aromatic nitrogens is 2. The number of imidazole rings is 1. The molecular formula is C10H13N3O. The molecule has 0 aliphatic carbocycles. The third-order valence-electron chi connectivity index (χ3n) is 2.12. The van der Waals surface area contributed by atoms with Crippen LogP contribution in [0.1, 0.15) is 11.4 Å². The zero-order valence-corrected chi connectivity index (χ0v) is 8.08. The van der Waals surface area contributed by atoms with E-state index in [4.69, 9.17) is 10.2 Å². The summed E-state index contributed by atoms with van der Waals surface area (Å²) in [7, 11) is 0. The maximum absolute atomic E-state index is 5.48. The van der Waals surface area contributed by atoms with Gasteiger partial charge in [0.2, 0.25) is 0 Å². The van der Waals surface area contributed by atoms with Gasteiger partial charge in [-0.3, -0.25) is 0 Å². The maximum Gasteiger partial charge on any atom is 0.173 e. The minimum atomic E-state index is 0.614. The third kappa shape index (κ3) is 1.56. The smallest absolute Gasteiger partial charge is 0.173 e. The molecule has 2 aromatic heterocycles. The summed E-state index contributed by atoms with van der Waals surface area (Å²) in [5.74, 6) is 1.53. The molecule has 0 radical (unpaired) electrons. The van der Waals surface area contributed by atoms with Crippen LogP contribution in [0, 0.1) is 6.92 Å². The highest BCUT2D eigenvalue weighted by molar-refractivity contribution is 5.47. The number of rotatable bonds is 3. The van der Waals surface area contributed by atoms with Gasteiger partial charge < -0.3 is 15.1 Å². The fourth-order valence-electron chi connectivity index (χ4n) is 1.41. The Kier molecular flexibility index (Phi) is 2.37. The van der Waals surface area contributed by atoms with Crippen molar-refractivity contribution in [3.05, 3.63) is 29.8 Å². The Morgan fingerprint density at radius 3 is 3.07 bits per heavy atom. The molecule has 0 spiro atoms. The van der Waals surface area contributed by atoms with Gasteiger partial charge in [0.25, 0.3) is 0 Å². The van der Waals surface area contributed by atoms with Gasteiger partial charge in [-0.25, -0.2) is 4.98 Å². The van der Waals surface area contributed by atoms with E-state index in [0.29, 0.717) is 6.54 Å². The van der Waals surface area contributed by atoms with Crippen molar-refractivity contribution >= 4 is 0 Å². The van der Waals surface area contributed by atoms with Gasteiger partial charge in [0, 0.05) is 12.1 Å². The number of aromatic amines is 1. The molecule has 3 N–H and O–H groups in total. The minimum absolute atomic E-state index is 0.614. The van der Waals surface area contributed by atoms with Crippen LogP contribution in [-0.4, -0.2) is 16.5 Å². The largest absolute Gasteiger partial charge is 0.461 e. The summed E-state index contributed by atoms with van der Waals surface area (Å²) in [6, 6.07) is 3.72. The average Bonchev–Trinajstić information content (AvgIpc) is 2.76. The lowest BCUT2D eigenvalue weighted by atomic mass is 10.3. The number of aryl methyl sites for hydroxylation is 1. The number of hydrogen-bond acceptors (Lipinski definition) is 3. The van der Waals surface area contributed by atoms with Crippen LogP contribution in [0.5, 0.6) is 0 Å². The van der Waals surface area contributed by atoms with E-state index in [9.17, 15) is 0 Å². The van der Waals surface area contributed by atoms with E-state index in [1.54, 1.807) is 6.26 Å². The minimum Gasteiger partial charge on any atom is -0.461 e. The van der Waals surface area contributed by atoms with Crippen molar-refractivity contribution < 1.29 is 4.42 Å². The lowest BCUT2D eigenvalue weighted by molar-refractivity contribution is 0.578. The van der Waals surface area contributed by atoms with Crippen molar-refractivity contribution in [2.24, 2.45) is 5.73 Å². The molecular weight excluding hydrogens is 178 g/mol. The number of H-pyrrole nitrogens is 1. The van der Waals surface area contributed by atoms with Gasteiger partial charge >= 0.3 is 0 Å². The van der Waals surface area contributed by atoms with Crippen molar-refractivity contribution in [1.29, 1.82) is 0 Å². The quantitative estimate of drug-likeness (QED) is 0.772. The van der Waals surface area contributed by atoms with Gasteiger partial charge in [-0.05, 0) is 25.6 Å². The average molecular weight is 191 g/mol. The summed E-state index contributed by atoms with van der Waals surface area (Å²) in [6.45, 7) is 2.60. The van der Waals surface area contributed by atoms with Crippen LogP contribution in [0.3, 0.4) is 0 Å². The van der Waals surface area contributed by atoms with Gasteiger partial charge in [0.15, 0.2) is 11.6 Å². The molecule has 4 heteroatoms. The number of hydrogen-bond donors (Lipinski definition) is 2. The van der Waals surface area contributed by atoms with E-state index in [-0.39, 0.29) is 0 Å². The molecule has 0 unspecified atom stereocenters. The Morgan fingerprint density at radius 2 is 2.43 bits per heavy atom. The Balaban J connectivity index is 2.33. The van der Waals surface area contributed by atoms with Crippen LogP contribution in [0.15, 0.2) is 22.8 Å². The predicted molar refractivity (Wildman–Crippen MR) is 53.8 cm³/mol. The summed E-state index contributed by atoms with van der Waals surface area (Å²) in [5, 5.41) is 0. The second kappa shape index (κ2) is 3.67. The van der Waals surface area contributed by atoms with Crippen LogP contribution in [0.25, 0.3) is 11.6 Å². The first-order valence-corrected chi connectivity index (χ1v) is 4.60. The lowest BCUT2D eigenvalue weighted by Gasteiger charge is -1.91. The van der Waals surface area contributed by atoms with Crippen molar-refractivity contribution in [2.75, 3.05) is 6.54 Å². The highest BCUT2D eigenvalue weighted by Crippen LogP contribution is 2.18. The Morgan fingerprint density at radius 1 is 1.57 bits per heavy atom. The molecule has 0 bridgehead atoms. The van der Waals surface area contributed by atoms with E-state index in [1.165, 1.54) is 0 Å². The van der Waals surface area contributed by atoms with Crippen LogP contribution in [-0.2, 0) is 6.42 Å². The molecule has 0 fully saturated rings. The zero-order valence-electron chi connectivity index (χ0n) is 8.08. The maximum atomic E-state index is 5.48.